The van der Waals surface area contributed by atoms with Crippen LogP contribution in [-0.4, -0.2) is 10.9 Å². The third-order valence-corrected chi connectivity index (χ3v) is 2.55. The molecule has 0 aromatic heterocycles. The molecule has 0 fully saturated rings. The zero-order chi connectivity index (χ0) is 13.8. The van der Waals surface area contributed by atoms with Gasteiger partial charge in [0, 0.05) is 11.1 Å². The fourth-order valence-corrected chi connectivity index (χ4v) is 1.55. The number of allylic oxidation sites excluding steroid dienone is 1. The molecule has 0 atom stereocenters. The van der Waals surface area contributed by atoms with E-state index in [1.807, 2.05) is 0 Å². The Hall–Kier alpha value is -2.49. The van der Waals surface area contributed by atoms with E-state index in [1.54, 1.807) is 0 Å². The molecule has 1 N–H and O–H groups in total. The molecule has 2 aromatic carbocycles. The first-order valence-electron chi connectivity index (χ1n) is 5.53. The lowest BCUT2D eigenvalue weighted by Gasteiger charge is -1.99. The number of carbonyl (C=O) groups excluding carboxylic acids is 1. The van der Waals surface area contributed by atoms with Crippen LogP contribution in [0.3, 0.4) is 0 Å². The highest BCUT2D eigenvalue weighted by atomic mass is 19.1. The molecule has 0 aliphatic rings. The lowest BCUT2D eigenvalue weighted by molar-refractivity contribution is 0.104. The molecule has 2 aromatic rings. The van der Waals surface area contributed by atoms with Crippen molar-refractivity contribution >= 4 is 11.9 Å². The maximum absolute atomic E-state index is 13.3. The van der Waals surface area contributed by atoms with Crippen LogP contribution < -0.4 is 0 Å². The fourth-order valence-electron chi connectivity index (χ4n) is 1.55. The van der Waals surface area contributed by atoms with Crippen molar-refractivity contribution in [2.75, 3.05) is 0 Å². The van der Waals surface area contributed by atoms with Crippen molar-refractivity contribution in [2.45, 2.75) is 0 Å². The summed E-state index contributed by atoms with van der Waals surface area (Å²) in [5.41, 5.74) is 0.0698. The van der Waals surface area contributed by atoms with Crippen LogP contribution in [0.4, 0.5) is 8.78 Å². The number of benzene rings is 2. The molecule has 0 radical (unpaired) electrons. The number of phenols is 1. The van der Waals surface area contributed by atoms with Crippen LogP contribution in [0, 0.1) is 11.6 Å². The summed E-state index contributed by atoms with van der Waals surface area (Å²) in [4.78, 5) is 11.7. The second kappa shape index (κ2) is 5.44. The number of aromatic hydroxyl groups is 1. The maximum atomic E-state index is 13.3. The molecule has 19 heavy (non-hydrogen) atoms. The zero-order valence-corrected chi connectivity index (χ0v) is 9.81. The molecule has 0 amide bonds. The average molecular weight is 260 g/mol. The minimum Gasteiger partial charge on any atom is -0.508 e. The Labute approximate surface area is 108 Å². The maximum Gasteiger partial charge on any atom is 0.185 e. The van der Waals surface area contributed by atoms with Gasteiger partial charge in [0.25, 0.3) is 0 Å². The molecule has 0 spiro atoms. The first-order chi connectivity index (χ1) is 9.08. The van der Waals surface area contributed by atoms with Crippen molar-refractivity contribution < 1.29 is 18.7 Å². The Morgan fingerprint density at radius 2 is 1.58 bits per heavy atom. The van der Waals surface area contributed by atoms with Crippen molar-refractivity contribution in [1.29, 1.82) is 0 Å². The van der Waals surface area contributed by atoms with Gasteiger partial charge < -0.3 is 5.11 Å². The molecule has 0 unspecified atom stereocenters. The SMILES string of the molecule is O=C(/C=C/c1c(F)cccc1F)c1ccc(O)cc1. The van der Waals surface area contributed by atoms with Crippen LogP contribution >= 0.6 is 0 Å². The highest BCUT2D eigenvalue weighted by molar-refractivity contribution is 6.06. The van der Waals surface area contributed by atoms with Crippen LogP contribution in [0.2, 0.25) is 0 Å². The fraction of sp³-hybridized carbons (Fsp3) is 0. The Bertz CT molecular complexity index is 611. The van der Waals surface area contributed by atoms with Crippen LogP contribution in [-0.2, 0) is 0 Å². The van der Waals surface area contributed by atoms with Crippen molar-refractivity contribution in [3.8, 4) is 5.75 Å². The van der Waals surface area contributed by atoms with Gasteiger partial charge in [0.05, 0.1) is 0 Å². The van der Waals surface area contributed by atoms with E-state index < -0.39 is 17.4 Å². The normalized spacial score (nSPS) is 10.8. The number of rotatable bonds is 3. The Kier molecular flexibility index (Phi) is 3.71. The standard InChI is InChI=1S/C15H10F2O2/c16-13-2-1-3-14(17)12(13)8-9-15(19)10-4-6-11(18)7-5-10/h1-9,18H/b9-8+. The van der Waals surface area contributed by atoms with Crippen molar-refractivity contribution in [1.82, 2.24) is 0 Å². The Morgan fingerprint density at radius 1 is 1.00 bits per heavy atom. The second-order valence-electron chi connectivity index (χ2n) is 3.88. The van der Waals surface area contributed by atoms with Crippen molar-refractivity contribution in [3.05, 3.63) is 71.3 Å². The van der Waals surface area contributed by atoms with Crippen LogP contribution in [0.25, 0.3) is 6.08 Å². The van der Waals surface area contributed by atoms with Gasteiger partial charge in [-0.25, -0.2) is 8.78 Å². The predicted molar refractivity (Wildman–Crippen MR) is 67.8 cm³/mol. The summed E-state index contributed by atoms with van der Waals surface area (Å²) in [5, 5.41) is 9.09. The smallest absolute Gasteiger partial charge is 0.185 e. The molecule has 0 saturated carbocycles. The lowest BCUT2D eigenvalue weighted by atomic mass is 10.1. The minimum absolute atomic E-state index is 0.0423. The molecule has 0 heterocycles. The Morgan fingerprint density at radius 3 is 2.16 bits per heavy atom. The summed E-state index contributed by atoms with van der Waals surface area (Å²) in [5.74, 6) is -1.81. The molecule has 0 aliphatic carbocycles. The van der Waals surface area contributed by atoms with E-state index in [4.69, 9.17) is 5.11 Å². The summed E-state index contributed by atoms with van der Waals surface area (Å²) >= 11 is 0. The Balaban J connectivity index is 2.23. The van der Waals surface area contributed by atoms with E-state index in [1.165, 1.54) is 30.3 Å². The van der Waals surface area contributed by atoms with E-state index in [9.17, 15) is 13.6 Å². The summed E-state index contributed by atoms with van der Waals surface area (Å²) in [7, 11) is 0. The number of hydrogen-bond donors (Lipinski definition) is 1. The van der Waals surface area contributed by atoms with Gasteiger partial charge in [-0.05, 0) is 48.6 Å². The van der Waals surface area contributed by atoms with Crippen LogP contribution in [0.15, 0.2) is 48.5 Å². The molecular weight excluding hydrogens is 250 g/mol. The van der Waals surface area contributed by atoms with Gasteiger partial charge >= 0.3 is 0 Å². The summed E-state index contributed by atoms with van der Waals surface area (Å²) in [6.45, 7) is 0. The zero-order valence-electron chi connectivity index (χ0n) is 9.81. The monoisotopic (exact) mass is 260 g/mol. The molecule has 2 rings (SSSR count). The highest BCUT2D eigenvalue weighted by Gasteiger charge is 2.06. The average Bonchev–Trinajstić information content (AvgIpc) is 2.38. The molecule has 0 aliphatic heterocycles. The van der Waals surface area contributed by atoms with E-state index in [2.05, 4.69) is 0 Å². The van der Waals surface area contributed by atoms with Crippen LogP contribution in [0.5, 0.6) is 5.75 Å². The molecule has 96 valence electrons. The molecule has 4 heteroatoms. The lowest BCUT2D eigenvalue weighted by Crippen LogP contribution is -1.94. The van der Waals surface area contributed by atoms with Crippen LogP contribution in [0.1, 0.15) is 15.9 Å². The minimum atomic E-state index is -0.727. The number of halogens is 2. The van der Waals surface area contributed by atoms with Gasteiger partial charge in [0.1, 0.15) is 17.4 Å². The number of phenolic OH excluding ortho intramolecular Hbond substituents is 1. The van der Waals surface area contributed by atoms with Crippen molar-refractivity contribution in [2.24, 2.45) is 0 Å². The first-order valence-corrected chi connectivity index (χ1v) is 5.53. The quantitative estimate of drug-likeness (QED) is 0.676. The van der Waals surface area contributed by atoms with Gasteiger partial charge in [-0.1, -0.05) is 6.07 Å². The second-order valence-corrected chi connectivity index (χ2v) is 3.88. The molecule has 0 bridgehead atoms. The highest BCUT2D eigenvalue weighted by Crippen LogP contribution is 2.15. The van der Waals surface area contributed by atoms with Gasteiger partial charge in [-0.3, -0.25) is 4.79 Å². The number of hydrogen-bond acceptors (Lipinski definition) is 2. The van der Waals surface area contributed by atoms with Gasteiger partial charge in [-0.15, -0.1) is 0 Å². The third-order valence-electron chi connectivity index (χ3n) is 2.55. The van der Waals surface area contributed by atoms with Crippen molar-refractivity contribution in [3.63, 3.8) is 0 Å². The largest absolute Gasteiger partial charge is 0.508 e. The van der Waals surface area contributed by atoms with E-state index >= 15 is 0 Å². The van der Waals surface area contributed by atoms with E-state index in [-0.39, 0.29) is 11.3 Å². The van der Waals surface area contributed by atoms with E-state index in [0.717, 1.165) is 24.3 Å². The van der Waals surface area contributed by atoms with Gasteiger partial charge in [0.15, 0.2) is 5.78 Å². The summed E-state index contributed by atoms with van der Waals surface area (Å²) < 4.78 is 26.6. The summed E-state index contributed by atoms with van der Waals surface area (Å²) in [6, 6.07) is 9.08. The first kappa shape index (κ1) is 13.0. The predicted octanol–water partition coefficient (Wildman–Crippen LogP) is 3.57. The summed E-state index contributed by atoms with van der Waals surface area (Å²) in [6.07, 6.45) is 2.19. The molecular formula is C15H10F2O2. The topological polar surface area (TPSA) is 37.3 Å². The molecule has 0 saturated heterocycles. The third kappa shape index (κ3) is 3.04. The number of carbonyl (C=O) groups is 1. The van der Waals surface area contributed by atoms with Gasteiger partial charge in [-0.2, -0.15) is 0 Å². The van der Waals surface area contributed by atoms with Gasteiger partial charge in [0.2, 0.25) is 0 Å². The number of ketones is 1. The van der Waals surface area contributed by atoms with E-state index in [0.29, 0.717) is 5.56 Å². The molecule has 2 nitrogen and oxygen atoms in total.